The molecule has 0 aliphatic heterocycles. The van der Waals surface area contributed by atoms with Crippen molar-refractivity contribution in [1.82, 2.24) is 19.7 Å². The monoisotopic (exact) mass is 243 g/mol. The Balaban J connectivity index is 2.01. The minimum atomic E-state index is 0.509. The van der Waals surface area contributed by atoms with Gasteiger partial charge in [-0.25, -0.2) is 9.97 Å². The van der Waals surface area contributed by atoms with E-state index in [1.54, 1.807) is 6.20 Å². The second-order valence-corrected chi connectivity index (χ2v) is 4.75. The fourth-order valence-electron chi connectivity index (χ4n) is 2.08. The molecular formula is C13H17N5. The summed E-state index contributed by atoms with van der Waals surface area (Å²) in [5.74, 6) is 1.94. The molecule has 1 fully saturated rings. The fourth-order valence-corrected chi connectivity index (χ4v) is 2.08. The van der Waals surface area contributed by atoms with Gasteiger partial charge in [-0.2, -0.15) is 5.10 Å². The van der Waals surface area contributed by atoms with Crippen LogP contribution in [0.5, 0.6) is 0 Å². The van der Waals surface area contributed by atoms with Crippen molar-refractivity contribution in [3.8, 4) is 11.4 Å². The van der Waals surface area contributed by atoms with Gasteiger partial charge in [-0.15, -0.1) is 0 Å². The van der Waals surface area contributed by atoms with E-state index in [2.05, 4.69) is 22.0 Å². The van der Waals surface area contributed by atoms with Gasteiger partial charge in [-0.1, -0.05) is 6.92 Å². The highest BCUT2D eigenvalue weighted by atomic mass is 15.3. The molecule has 1 aliphatic carbocycles. The van der Waals surface area contributed by atoms with Crippen molar-refractivity contribution in [2.24, 2.45) is 0 Å². The zero-order valence-corrected chi connectivity index (χ0v) is 10.5. The Kier molecular flexibility index (Phi) is 2.74. The van der Waals surface area contributed by atoms with E-state index in [-0.39, 0.29) is 0 Å². The summed E-state index contributed by atoms with van der Waals surface area (Å²) >= 11 is 0. The smallest absolute Gasteiger partial charge is 0.134 e. The van der Waals surface area contributed by atoms with E-state index in [4.69, 9.17) is 5.73 Å². The molecule has 0 unspecified atom stereocenters. The molecule has 2 aromatic heterocycles. The Hall–Kier alpha value is -1.91. The average Bonchev–Trinajstić information content (AvgIpc) is 3.10. The lowest BCUT2D eigenvalue weighted by molar-refractivity contribution is 0.607. The van der Waals surface area contributed by atoms with Gasteiger partial charge >= 0.3 is 0 Å². The van der Waals surface area contributed by atoms with E-state index in [1.165, 1.54) is 12.8 Å². The summed E-state index contributed by atoms with van der Waals surface area (Å²) in [5.41, 5.74) is 7.78. The van der Waals surface area contributed by atoms with Crippen LogP contribution in [0.1, 0.15) is 37.9 Å². The number of aryl methyl sites for hydroxylation is 1. The Morgan fingerprint density at radius 3 is 2.94 bits per heavy atom. The van der Waals surface area contributed by atoms with Gasteiger partial charge in [0.1, 0.15) is 11.6 Å². The maximum absolute atomic E-state index is 5.87. The van der Waals surface area contributed by atoms with Crippen LogP contribution < -0.4 is 5.73 Å². The highest BCUT2D eigenvalue weighted by Crippen LogP contribution is 2.38. The summed E-state index contributed by atoms with van der Waals surface area (Å²) < 4.78 is 1.97. The molecule has 0 amide bonds. The van der Waals surface area contributed by atoms with Crippen molar-refractivity contribution < 1.29 is 0 Å². The van der Waals surface area contributed by atoms with Crippen LogP contribution in [0.25, 0.3) is 11.4 Å². The second kappa shape index (κ2) is 4.40. The van der Waals surface area contributed by atoms with Crippen LogP contribution >= 0.6 is 0 Å². The molecule has 5 nitrogen and oxygen atoms in total. The molecule has 5 heteroatoms. The third-order valence-electron chi connectivity index (χ3n) is 3.12. The first-order chi connectivity index (χ1) is 8.78. The molecule has 0 bridgehead atoms. The van der Waals surface area contributed by atoms with Crippen LogP contribution in [0.15, 0.2) is 18.3 Å². The molecule has 0 radical (unpaired) electrons. The summed E-state index contributed by atoms with van der Waals surface area (Å²) in [4.78, 5) is 8.95. The predicted octanol–water partition coefficient (Wildman–Crippen LogP) is 2.21. The van der Waals surface area contributed by atoms with Gasteiger partial charge < -0.3 is 5.73 Å². The third kappa shape index (κ3) is 2.08. The largest absolute Gasteiger partial charge is 0.384 e. The van der Waals surface area contributed by atoms with E-state index in [0.717, 1.165) is 30.2 Å². The van der Waals surface area contributed by atoms with E-state index in [0.29, 0.717) is 11.7 Å². The predicted molar refractivity (Wildman–Crippen MR) is 69.9 cm³/mol. The van der Waals surface area contributed by atoms with Gasteiger partial charge in [0, 0.05) is 24.7 Å². The molecular weight excluding hydrogens is 226 g/mol. The van der Waals surface area contributed by atoms with Crippen LogP contribution in [0, 0.1) is 0 Å². The van der Waals surface area contributed by atoms with Gasteiger partial charge in [-0.3, -0.25) is 4.68 Å². The molecule has 2 aromatic rings. The number of hydrogen-bond acceptors (Lipinski definition) is 4. The fraction of sp³-hybridized carbons (Fsp3) is 0.462. The zero-order valence-electron chi connectivity index (χ0n) is 10.5. The highest BCUT2D eigenvalue weighted by Gasteiger charge is 2.27. The van der Waals surface area contributed by atoms with Gasteiger partial charge in [0.25, 0.3) is 0 Å². The Labute approximate surface area is 106 Å². The maximum atomic E-state index is 5.87. The van der Waals surface area contributed by atoms with Gasteiger partial charge in [0.15, 0.2) is 0 Å². The molecule has 18 heavy (non-hydrogen) atoms. The number of rotatable bonds is 4. The van der Waals surface area contributed by atoms with E-state index >= 15 is 0 Å². The van der Waals surface area contributed by atoms with E-state index in [9.17, 15) is 0 Å². The lowest BCUT2D eigenvalue weighted by Gasteiger charge is -2.07. The number of nitrogens with two attached hydrogens (primary N) is 1. The third-order valence-corrected chi connectivity index (χ3v) is 3.12. The average molecular weight is 243 g/mol. The second-order valence-electron chi connectivity index (χ2n) is 4.75. The minimum absolute atomic E-state index is 0.509. The molecule has 2 heterocycles. The first kappa shape index (κ1) is 11.2. The number of anilines is 1. The van der Waals surface area contributed by atoms with E-state index in [1.807, 2.05) is 16.8 Å². The van der Waals surface area contributed by atoms with E-state index < -0.39 is 0 Å². The van der Waals surface area contributed by atoms with Gasteiger partial charge in [-0.05, 0) is 25.3 Å². The van der Waals surface area contributed by atoms with Gasteiger partial charge in [0.2, 0.25) is 0 Å². The zero-order chi connectivity index (χ0) is 12.5. The molecule has 0 spiro atoms. The first-order valence-corrected chi connectivity index (χ1v) is 6.44. The quantitative estimate of drug-likeness (QED) is 0.893. The lowest BCUT2D eigenvalue weighted by Crippen LogP contribution is -2.05. The van der Waals surface area contributed by atoms with Crippen molar-refractivity contribution in [3.63, 3.8) is 0 Å². The molecule has 3 rings (SSSR count). The summed E-state index contributed by atoms with van der Waals surface area (Å²) in [5, 5.41) is 4.32. The molecule has 1 saturated carbocycles. The molecule has 0 aromatic carbocycles. The summed E-state index contributed by atoms with van der Waals surface area (Å²) in [6, 6.07) is 3.81. The number of hydrogen-bond donors (Lipinski definition) is 1. The van der Waals surface area contributed by atoms with Crippen LogP contribution in [-0.4, -0.2) is 19.7 Å². The summed E-state index contributed by atoms with van der Waals surface area (Å²) in [7, 11) is 0. The van der Waals surface area contributed by atoms with Gasteiger partial charge in [0.05, 0.1) is 11.4 Å². The van der Waals surface area contributed by atoms with Crippen LogP contribution in [0.3, 0.4) is 0 Å². The maximum Gasteiger partial charge on any atom is 0.134 e. The lowest BCUT2D eigenvalue weighted by atomic mass is 10.2. The Morgan fingerprint density at radius 2 is 2.22 bits per heavy atom. The van der Waals surface area contributed by atoms with Crippen LogP contribution in [0.2, 0.25) is 0 Å². The Morgan fingerprint density at radius 1 is 1.39 bits per heavy atom. The normalized spacial score (nSPS) is 14.9. The van der Waals surface area contributed by atoms with Crippen molar-refractivity contribution >= 4 is 5.82 Å². The number of nitrogens with zero attached hydrogens (tertiary/aromatic N) is 4. The molecule has 1 aliphatic rings. The minimum Gasteiger partial charge on any atom is -0.384 e. The molecule has 2 N–H and O–H groups in total. The number of aromatic nitrogens is 4. The van der Waals surface area contributed by atoms with Crippen molar-refractivity contribution in [3.05, 3.63) is 24.2 Å². The number of nitrogen functional groups attached to an aromatic ring is 1. The molecule has 0 saturated heterocycles. The topological polar surface area (TPSA) is 69.6 Å². The van der Waals surface area contributed by atoms with Crippen molar-refractivity contribution in [2.75, 3.05) is 5.73 Å². The molecule has 94 valence electrons. The molecule has 0 atom stereocenters. The summed E-state index contributed by atoms with van der Waals surface area (Å²) in [6.07, 6.45) is 5.21. The van der Waals surface area contributed by atoms with Crippen LogP contribution in [0.4, 0.5) is 5.82 Å². The summed E-state index contributed by atoms with van der Waals surface area (Å²) in [6.45, 7) is 3.03. The van der Waals surface area contributed by atoms with Crippen molar-refractivity contribution in [2.45, 2.75) is 38.6 Å². The SMILES string of the molecule is CCCn1nccc1-c1cc(N)nc(C2CC2)n1. The first-order valence-electron chi connectivity index (χ1n) is 6.44. The Bertz CT molecular complexity index is 556. The highest BCUT2D eigenvalue weighted by molar-refractivity contribution is 5.58. The standard InChI is InChI=1S/C13H17N5/c1-2-7-18-11(5-6-15-18)10-8-12(14)17-13(16-10)9-3-4-9/h5-6,8-9H,2-4,7H2,1H3,(H2,14,16,17). The van der Waals surface area contributed by atoms with Crippen LogP contribution in [-0.2, 0) is 6.54 Å². The van der Waals surface area contributed by atoms with Crippen molar-refractivity contribution in [1.29, 1.82) is 0 Å².